The van der Waals surface area contributed by atoms with E-state index < -0.39 is 5.97 Å². The van der Waals surface area contributed by atoms with Crippen molar-refractivity contribution < 1.29 is 14.7 Å². The molecule has 1 rings (SSSR count). The highest BCUT2D eigenvalue weighted by atomic mass is 16.4. The predicted octanol–water partition coefficient (Wildman–Crippen LogP) is 2.76. The Morgan fingerprint density at radius 2 is 2.10 bits per heavy atom. The van der Waals surface area contributed by atoms with Crippen LogP contribution in [-0.4, -0.2) is 29.7 Å². The fraction of sp³-hybridized carbons (Fsp3) is 0.867. The molecule has 5 heteroatoms. The predicted molar refractivity (Wildman–Crippen MR) is 78.6 cm³/mol. The van der Waals surface area contributed by atoms with Crippen LogP contribution >= 0.6 is 0 Å². The lowest BCUT2D eigenvalue weighted by atomic mass is 9.75. The van der Waals surface area contributed by atoms with E-state index in [2.05, 4.69) is 24.5 Å². The summed E-state index contributed by atoms with van der Waals surface area (Å²) in [4.78, 5) is 22.5. The van der Waals surface area contributed by atoms with Crippen LogP contribution in [0.3, 0.4) is 0 Å². The van der Waals surface area contributed by atoms with Crippen molar-refractivity contribution in [3.8, 4) is 0 Å². The first-order valence-corrected chi connectivity index (χ1v) is 7.58. The van der Waals surface area contributed by atoms with E-state index in [9.17, 15) is 9.59 Å². The van der Waals surface area contributed by atoms with Crippen LogP contribution in [0.2, 0.25) is 0 Å². The zero-order valence-corrected chi connectivity index (χ0v) is 12.9. The maximum atomic E-state index is 11.9. The van der Waals surface area contributed by atoms with Gasteiger partial charge >= 0.3 is 12.0 Å². The molecule has 1 saturated carbocycles. The van der Waals surface area contributed by atoms with Gasteiger partial charge in [-0.25, -0.2) is 4.79 Å². The van der Waals surface area contributed by atoms with Crippen LogP contribution in [0.25, 0.3) is 0 Å². The number of carbonyl (C=O) groups excluding carboxylic acids is 1. The highest BCUT2D eigenvalue weighted by Crippen LogP contribution is 2.34. The van der Waals surface area contributed by atoms with E-state index in [0.29, 0.717) is 12.0 Å². The molecule has 5 nitrogen and oxygen atoms in total. The molecule has 2 atom stereocenters. The number of carboxylic acid groups (broad SMARTS) is 1. The summed E-state index contributed by atoms with van der Waals surface area (Å²) in [6, 6.07) is 0.0647. The highest BCUT2D eigenvalue weighted by molar-refractivity contribution is 5.74. The molecule has 1 aliphatic rings. The summed E-state index contributed by atoms with van der Waals surface area (Å²) in [6.07, 6.45) is 5.25. The van der Waals surface area contributed by atoms with Gasteiger partial charge in [-0.1, -0.05) is 33.6 Å². The summed E-state index contributed by atoms with van der Waals surface area (Å²) in [5.41, 5.74) is 0.297. The number of carbonyl (C=O) groups is 2. The lowest BCUT2D eigenvalue weighted by Gasteiger charge is -2.35. The van der Waals surface area contributed by atoms with Gasteiger partial charge in [0.15, 0.2) is 0 Å². The van der Waals surface area contributed by atoms with Crippen LogP contribution in [0.4, 0.5) is 4.79 Å². The average Bonchev–Trinajstić information content (AvgIpc) is 2.32. The molecule has 2 unspecified atom stereocenters. The topological polar surface area (TPSA) is 78.4 Å². The van der Waals surface area contributed by atoms with E-state index in [1.165, 1.54) is 6.42 Å². The molecule has 0 radical (unpaired) electrons. The second kappa shape index (κ2) is 7.50. The minimum absolute atomic E-state index is 0.000969. The first-order chi connectivity index (χ1) is 9.32. The summed E-state index contributed by atoms with van der Waals surface area (Å²) >= 11 is 0. The fourth-order valence-corrected chi connectivity index (χ4v) is 2.90. The summed E-state index contributed by atoms with van der Waals surface area (Å²) in [7, 11) is 0. The molecule has 0 aromatic rings. The smallest absolute Gasteiger partial charge is 0.315 e. The molecule has 0 aromatic heterocycles. The molecule has 0 spiro atoms. The molecule has 1 fully saturated rings. The van der Waals surface area contributed by atoms with Crippen molar-refractivity contribution in [1.29, 1.82) is 0 Å². The lowest BCUT2D eigenvalue weighted by molar-refractivity contribution is -0.138. The van der Waals surface area contributed by atoms with Crippen molar-refractivity contribution in [2.75, 3.05) is 6.54 Å². The molecule has 1 aliphatic carbocycles. The molecule has 0 saturated heterocycles. The number of carboxylic acids is 1. The average molecular weight is 284 g/mol. The Morgan fingerprint density at radius 3 is 2.65 bits per heavy atom. The van der Waals surface area contributed by atoms with Crippen LogP contribution in [0, 0.1) is 11.3 Å². The standard InChI is InChI=1S/C15H28N2O3/c1-4-11(8-13(18)19)10-16-14(20)17-12-6-5-7-15(2,3)9-12/h11-12H,4-10H2,1-3H3,(H,18,19)(H2,16,17,20). The van der Waals surface area contributed by atoms with E-state index in [4.69, 9.17) is 5.11 Å². The van der Waals surface area contributed by atoms with Gasteiger partial charge < -0.3 is 15.7 Å². The molecule has 20 heavy (non-hydrogen) atoms. The number of rotatable bonds is 6. The summed E-state index contributed by atoms with van der Waals surface area (Å²) in [6.45, 7) is 6.83. The summed E-state index contributed by atoms with van der Waals surface area (Å²) in [5.74, 6) is -0.811. The van der Waals surface area contributed by atoms with Crippen LogP contribution in [0.15, 0.2) is 0 Å². The van der Waals surface area contributed by atoms with Crippen LogP contribution < -0.4 is 10.6 Å². The zero-order valence-electron chi connectivity index (χ0n) is 12.9. The molecule has 3 N–H and O–H groups in total. The normalized spacial score (nSPS) is 22.9. The van der Waals surface area contributed by atoms with Gasteiger partial charge in [0, 0.05) is 19.0 Å². The maximum absolute atomic E-state index is 11.9. The molecule has 0 aromatic carbocycles. The minimum atomic E-state index is -0.812. The molecule has 0 heterocycles. The second-order valence-electron chi connectivity index (χ2n) is 6.68. The van der Waals surface area contributed by atoms with Gasteiger partial charge in [-0.2, -0.15) is 0 Å². The summed E-state index contributed by atoms with van der Waals surface area (Å²) in [5, 5.41) is 14.6. The first kappa shape index (κ1) is 16.8. The minimum Gasteiger partial charge on any atom is -0.481 e. The maximum Gasteiger partial charge on any atom is 0.315 e. The van der Waals surface area contributed by atoms with Crippen molar-refractivity contribution in [2.45, 2.75) is 65.3 Å². The van der Waals surface area contributed by atoms with Crippen molar-refractivity contribution >= 4 is 12.0 Å². The molecule has 2 amide bonds. The molecule has 0 aliphatic heterocycles. The van der Waals surface area contributed by atoms with Crippen molar-refractivity contribution in [3.05, 3.63) is 0 Å². The zero-order chi connectivity index (χ0) is 15.2. The number of urea groups is 1. The van der Waals surface area contributed by atoms with Gasteiger partial charge in [0.05, 0.1) is 0 Å². The molecule has 0 bridgehead atoms. The van der Waals surface area contributed by atoms with Crippen molar-refractivity contribution in [1.82, 2.24) is 10.6 Å². The van der Waals surface area contributed by atoms with Gasteiger partial charge in [0.25, 0.3) is 0 Å². The Bertz CT molecular complexity index is 342. The van der Waals surface area contributed by atoms with Gasteiger partial charge in [-0.15, -0.1) is 0 Å². The van der Waals surface area contributed by atoms with E-state index in [0.717, 1.165) is 25.7 Å². The number of amides is 2. The lowest BCUT2D eigenvalue weighted by Crippen LogP contribution is -2.46. The Balaban J connectivity index is 2.30. The van der Waals surface area contributed by atoms with E-state index in [-0.39, 0.29) is 24.4 Å². The number of nitrogens with one attached hydrogen (secondary N) is 2. The molecule has 116 valence electrons. The number of hydrogen-bond acceptors (Lipinski definition) is 2. The van der Waals surface area contributed by atoms with E-state index in [1.807, 2.05) is 6.92 Å². The Labute approximate surface area is 121 Å². The van der Waals surface area contributed by atoms with Crippen molar-refractivity contribution in [2.24, 2.45) is 11.3 Å². The fourth-order valence-electron chi connectivity index (χ4n) is 2.90. The third-order valence-electron chi connectivity index (χ3n) is 4.13. The summed E-state index contributed by atoms with van der Waals surface area (Å²) < 4.78 is 0. The molecular weight excluding hydrogens is 256 g/mol. The number of hydrogen-bond donors (Lipinski definition) is 3. The number of aliphatic carboxylic acids is 1. The van der Waals surface area contributed by atoms with Crippen LogP contribution in [0.1, 0.15) is 59.3 Å². The van der Waals surface area contributed by atoms with E-state index in [1.54, 1.807) is 0 Å². The monoisotopic (exact) mass is 284 g/mol. The SMILES string of the molecule is CCC(CNC(=O)NC1CCCC(C)(C)C1)CC(=O)O. The Kier molecular flexibility index (Phi) is 6.30. The van der Waals surface area contributed by atoms with Crippen molar-refractivity contribution in [3.63, 3.8) is 0 Å². The molecular formula is C15H28N2O3. The van der Waals surface area contributed by atoms with Gasteiger partial charge in [0.1, 0.15) is 0 Å². The van der Waals surface area contributed by atoms with Crippen LogP contribution in [-0.2, 0) is 4.79 Å². The largest absolute Gasteiger partial charge is 0.481 e. The first-order valence-electron chi connectivity index (χ1n) is 7.58. The second-order valence-corrected chi connectivity index (χ2v) is 6.68. The third kappa shape index (κ3) is 6.26. The van der Waals surface area contributed by atoms with Gasteiger partial charge in [0.2, 0.25) is 0 Å². The quantitative estimate of drug-likeness (QED) is 0.701. The Hall–Kier alpha value is -1.26. The highest BCUT2D eigenvalue weighted by Gasteiger charge is 2.28. The Morgan fingerprint density at radius 1 is 1.40 bits per heavy atom. The van der Waals surface area contributed by atoms with Crippen LogP contribution in [0.5, 0.6) is 0 Å². The van der Waals surface area contributed by atoms with Gasteiger partial charge in [-0.3, -0.25) is 4.79 Å². The van der Waals surface area contributed by atoms with E-state index >= 15 is 0 Å². The third-order valence-corrected chi connectivity index (χ3v) is 4.13. The van der Waals surface area contributed by atoms with Gasteiger partial charge in [-0.05, 0) is 30.6 Å².